The minimum absolute atomic E-state index is 0.332. The van der Waals surface area contributed by atoms with Crippen LogP contribution in [0.25, 0.3) is 11.0 Å². The molecule has 0 saturated carbocycles. The summed E-state index contributed by atoms with van der Waals surface area (Å²) in [5.41, 5.74) is 3.40. The van der Waals surface area contributed by atoms with Crippen LogP contribution >= 0.6 is 0 Å². The van der Waals surface area contributed by atoms with E-state index in [1.807, 2.05) is 49.5 Å². The van der Waals surface area contributed by atoms with E-state index >= 15 is 0 Å². The molecule has 1 aliphatic rings. The first-order chi connectivity index (χ1) is 12.3. The van der Waals surface area contributed by atoms with Crippen molar-refractivity contribution in [1.29, 1.82) is 0 Å². The number of hydrogen-bond donors (Lipinski definition) is 1. The number of rotatable bonds is 3. The molecule has 2 heterocycles. The molecule has 1 saturated heterocycles. The summed E-state index contributed by atoms with van der Waals surface area (Å²) in [6.07, 6.45) is 0. The van der Waals surface area contributed by atoms with E-state index in [0.29, 0.717) is 0 Å². The second-order valence-corrected chi connectivity index (χ2v) is 7.82. The Morgan fingerprint density at radius 2 is 1.54 bits per heavy atom. The first-order valence-corrected chi connectivity index (χ1v) is 8.91. The highest BCUT2D eigenvalue weighted by atomic mass is 16.7. The molecule has 1 fully saturated rings. The van der Waals surface area contributed by atoms with Crippen molar-refractivity contribution in [2.24, 2.45) is 7.05 Å². The van der Waals surface area contributed by atoms with Gasteiger partial charge in [0, 0.05) is 12.7 Å². The molecule has 0 unspecified atom stereocenters. The van der Waals surface area contributed by atoms with Gasteiger partial charge in [-0.05, 0) is 57.4 Å². The Labute approximate surface area is 154 Å². The second-order valence-electron chi connectivity index (χ2n) is 7.82. The fourth-order valence-electron chi connectivity index (χ4n) is 3.09. The van der Waals surface area contributed by atoms with Crippen molar-refractivity contribution in [3.05, 3.63) is 48.5 Å². The first-order valence-electron chi connectivity index (χ1n) is 8.91. The highest BCUT2D eigenvalue weighted by molar-refractivity contribution is 6.62. The Kier molecular flexibility index (Phi) is 3.86. The monoisotopic (exact) mass is 349 g/mol. The number of aromatic nitrogens is 2. The smallest absolute Gasteiger partial charge is 0.399 e. The topological polar surface area (TPSA) is 48.3 Å². The summed E-state index contributed by atoms with van der Waals surface area (Å²) in [4.78, 5) is 4.65. The molecule has 4 rings (SSSR count). The van der Waals surface area contributed by atoms with Gasteiger partial charge in [-0.15, -0.1) is 0 Å². The van der Waals surface area contributed by atoms with Gasteiger partial charge in [0.05, 0.1) is 22.2 Å². The van der Waals surface area contributed by atoms with Crippen molar-refractivity contribution in [2.75, 3.05) is 5.32 Å². The number of para-hydroxylation sites is 2. The molecule has 0 atom stereocenters. The van der Waals surface area contributed by atoms with E-state index in [-0.39, 0.29) is 18.3 Å². The number of aryl methyl sites for hydroxylation is 1. The SMILES string of the molecule is Cn1c(Nc2ccc(B3OC(C)(C)C(C)(C)O3)cc2)nc2ccccc21. The van der Waals surface area contributed by atoms with Crippen molar-refractivity contribution >= 4 is 35.3 Å². The minimum atomic E-state index is -0.343. The third-order valence-corrected chi connectivity index (χ3v) is 5.48. The molecule has 5 nitrogen and oxygen atoms in total. The maximum Gasteiger partial charge on any atom is 0.494 e. The number of fused-ring (bicyclic) bond motifs is 1. The number of nitrogens with zero attached hydrogens (tertiary/aromatic N) is 2. The lowest BCUT2D eigenvalue weighted by Gasteiger charge is -2.32. The highest BCUT2D eigenvalue weighted by Crippen LogP contribution is 2.36. The van der Waals surface area contributed by atoms with Crippen LogP contribution in [0.4, 0.5) is 11.6 Å². The molecule has 1 aliphatic heterocycles. The van der Waals surface area contributed by atoms with Crippen molar-refractivity contribution in [2.45, 2.75) is 38.9 Å². The average molecular weight is 349 g/mol. The van der Waals surface area contributed by atoms with Crippen molar-refractivity contribution in [1.82, 2.24) is 9.55 Å². The predicted octanol–water partition coefficient (Wildman–Crippen LogP) is 3.62. The fraction of sp³-hybridized carbons (Fsp3) is 0.350. The fourth-order valence-corrected chi connectivity index (χ4v) is 3.09. The molecule has 0 spiro atoms. The minimum Gasteiger partial charge on any atom is -0.399 e. The number of anilines is 2. The van der Waals surface area contributed by atoms with Crippen LogP contribution in [0.5, 0.6) is 0 Å². The van der Waals surface area contributed by atoms with Crippen LogP contribution in [0.1, 0.15) is 27.7 Å². The Balaban J connectivity index is 1.54. The lowest BCUT2D eigenvalue weighted by molar-refractivity contribution is 0.00578. The number of nitrogens with one attached hydrogen (secondary N) is 1. The third-order valence-electron chi connectivity index (χ3n) is 5.48. The summed E-state index contributed by atoms with van der Waals surface area (Å²) < 4.78 is 14.3. The van der Waals surface area contributed by atoms with Crippen LogP contribution < -0.4 is 10.8 Å². The largest absolute Gasteiger partial charge is 0.494 e. The zero-order chi connectivity index (χ0) is 18.5. The molecule has 1 aromatic heterocycles. The van der Waals surface area contributed by atoms with Gasteiger partial charge in [-0.3, -0.25) is 0 Å². The zero-order valence-corrected chi connectivity index (χ0v) is 15.9. The van der Waals surface area contributed by atoms with Gasteiger partial charge in [-0.25, -0.2) is 4.98 Å². The molecule has 134 valence electrons. The molecule has 6 heteroatoms. The lowest BCUT2D eigenvalue weighted by Crippen LogP contribution is -2.41. The molecule has 2 aromatic carbocycles. The standard InChI is InChI=1S/C20H24BN3O2/c1-19(2)20(3,4)26-21(25-19)14-10-12-15(13-11-14)22-18-23-16-8-6-7-9-17(16)24(18)5/h6-13H,1-5H3,(H,22,23). The van der Waals surface area contributed by atoms with Crippen LogP contribution in [-0.2, 0) is 16.4 Å². The van der Waals surface area contributed by atoms with Gasteiger partial charge in [0.25, 0.3) is 0 Å². The quantitative estimate of drug-likeness (QED) is 0.734. The Morgan fingerprint density at radius 1 is 0.923 bits per heavy atom. The van der Waals surface area contributed by atoms with Gasteiger partial charge in [-0.1, -0.05) is 24.3 Å². The summed E-state index contributed by atoms with van der Waals surface area (Å²) in [6.45, 7) is 8.26. The van der Waals surface area contributed by atoms with Gasteiger partial charge in [-0.2, -0.15) is 0 Å². The molecule has 26 heavy (non-hydrogen) atoms. The van der Waals surface area contributed by atoms with E-state index in [1.165, 1.54) is 0 Å². The van der Waals surface area contributed by atoms with Crippen LogP contribution in [0.3, 0.4) is 0 Å². The van der Waals surface area contributed by atoms with Crippen LogP contribution in [0.2, 0.25) is 0 Å². The highest BCUT2D eigenvalue weighted by Gasteiger charge is 2.51. The van der Waals surface area contributed by atoms with Gasteiger partial charge in [0.2, 0.25) is 5.95 Å². The number of hydrogen-bond acceptors (Lipinski definition) is 4. The molecule has 0 amide bonds. The molecule has 1 N–H and O–H groups in total. The third kappa shape index (κ3) is 2.79. The molecule has 3 aromatic rings. The van der Waals surface area contributed by atoms with Crippen molar-refractivity contribution in [3.63, 3.8) is 0 Å². The summed E-state index contributed by atoms with van der Waals surface area (Å²) in [5.74, 6) is 0.814. The van der Waals surface area contributed by atoms with Gasteiger partial charge >= 0.3 is 7.12 Å². The van der Waals surface area contributed by atoms with Gasteiger partial charge in [0.1, 0.15) is 0 Å². The van der Waals surface area contributed by atoms with E-state index in [9.17, 15) is 0 Å². The van der Waals surface area contributed by atoms with Gasteiger partial charge in [0.15, 0.2) is 0 Å². The average Bonchev–Trinajstić information content (AvgIpc) is 3.02. The first kappa shape index (κ1) is 17.1. The zero-order valence-electron chi connectivity index (χ0n) is 15.9. The van der Waals surface area contributed by atoms with Crippen molar-refractivity contribution in [3.8, 4) is 0 Å². The van der Waals surface area contributed by atoms with E-state index < -0.39 is 0 Å². The maximum atomic E-state index is 6.11. The molecular weight excluding hydrogens is 325 g/mol. The normalized spacial score (nSPS) is 18.4. The van der Waals surface area contributed by atoms with Crippen LogP contribution in [0.15, 0.2) is 48.5 Å². The van der Waals surface area contributed by atoms with Gasteiger partial charge < -0.3 is 19.2 Å². The van der Waals surface area contributed by atoms with E-state index in [2.05, 4.69) is 48.6 Å². The van der Waals surface area contributed by atoms with E-state index in [0.717, 1.165) is 28.1 Å². The Hall–Kier alpha value is -2.31. The molecule has 0 aliphatic carbocycles. The van der Waals surface area contributed by atoms with E-state index in [1.54, 1.807) is 0 Å². The van der Waals surface area contributed by atoms with E-state index in [4.69, 9.17) is 9.31 Å². The number of imidazole rings is 1. The molecule has 0 radical (unpaired) electrons. The predicted molar refractivity (Wildman–Crippen MR) is 106 cm³/mol. The van der Waals surface area contributed by atoms with Crippen LogP contribution in [-0.4, -0.2) is 27.9 Å². The lowest BCUT2D eigenvalue weighted by atomic mass is 9.79. The second kappa shape index (κ2) is 5.86. The number of benzene rings is 2. The summed E-state index contributed by atoms with van der Waals surface area (Å²) in [6, 6.07) is 16.2. The molecular formula is C20H24BN3O2. The summed E-state index contributed by atoms with van der Waals surface area (Å²) in [5, 5.41) is 3.38. The van der Waals surface area contributed by atoms with Crippen molar-refractivity contribution < 1.29 is 9.31 Å². The summed E-state index contributed by atoms with van der Waals surface area (Å²) >= 11 is 0. The Morgan fingerprint density at radius 3 is 2.15 bits per heavy atom. The van der Waals surface area contributed by atoms with Crippen LogP contribution in [0, 0.1) is 0 Å². The summed E-state index contributed by atoms with van der Waals surface area (Å²) in [7, 11) is 1.67. The Bertz CT molecular complexity index is 931. The maximum absolute atomic E-state index is 6.11. The molecule has 0 bridgehead atoms.